The van der Waals surface area contributed by atoms with E-state index in [1.807, 2.05) is 22.7 Å². The summed E-state index contributed by atoms with van der Waals surface area (Å²) in [5, 5.41) is 5.11. The molecule has 0 atom stereocenters. The average molecular weight is 841 g/mol. The Morgan fingerprint density at radius 1 is 0.317 bits per heavy atom. The van der Waals surface area contributed by atoms with Crippen LogP contribution < -0.4 is 0 Å². The number of aromatic nitrogens is 2. The number of thiophene rings is 2. The Morgan fingerprint density at radius 2 is 0.667 bits per heavy atom. The molecule has 0 aliphatic heterocycles. The van der Waals surface area contributed by atoms with Crippen molar-refractivity contribution in [2.75, 3.05) is 0 Å². The van der Waals surface area contributed by atoms with Crippen molar-refractivity contribution < 1.29 is 0 Å². The highest BCUT2D eigenvalue weighted by molar-refractivity contribution is 7.19. The van der Waals surface area contributed by atoms with Gasteiger partial charge >= 0.3 is 0 Å². The van der Waals surface area contributed by atoms with E-state index in [0.717, 1.165) is 0 Å². The van der Waals surface area contributed by atoms with Gasteiger partial charge in [0.05, 0.1) is 22.1 Å². The lowest BCUT2D eigenvalue weighted by atomic mass is 9.81. The van der Waals surface area contributed by atoms with E-state index in [4.69, 9.17) is 0 Å². The van der Waals surface area contributed by atoms with E-state index in [2.05, 4.69) is 229 Å². The molecule has 8 aromatic carbocycles. The summed E-state index contributed by atoms with van der Waals surface area (Å²) in [5.74, 6) is 0. The quantitative estimate of drug-likeness (QED) is 0.158. The SMILES string of the molecule is CC1(C)c2cc(-c3ccc(-c4ccc5c(c4)c4ccccc4n5-c4ccccc4)s3)ccc2-c2ccc(-c3ccc(-c4ccc5c(c4)c4ccccc4n5-c4ccccc4)s3)cc21. The average Bonchev–Trinajstić information content (AvgIpc) is 4.18. The van der Waals surface area contributed by atoms with Crippen molar-refractivity contribution in [3.05, 3.63) is 217 Å². The van der Waals surface area contributed by atoms with Crippen molar-refractivity contribution >= 4 is 66.3 Å². The molecular formula is C59H40N2S2. The van der Waals surface area contributed by atoms with Gasteiger partial charge in [0, 0.05) is 57.8 Å². The van der Waals surface area contributed by atoms with Gasteiger partial charge < -0.3 is 9.13 Å². The summed E-state index contributed by atoms with van der Waals surface area (Å²) in [5.41, 5.74) is 17.7. The minimum Gasteiger partial charge on any atom is -0.309 e. The third-order valence-corrected chi connectivity index (χ3v) is 15.8. The molecule has 0 unspecified atom stereocenters. The topological polar surface area (TPSA) is 9.86 Å². The van der Waals surface area contributed by atoms with Crippen LogP contribution in [-0.4, -0.2) is 9.13 Å². The summed E-state index contributed by atoms with van der Waals surface area (Å²) in [7, 11) is 0. The van der Waals surface area contributed by atoms with E-state index in [-0.39, 0.29) is 5.41 Å². The van der Waals surface area contributed by atoms with Gasteiger partial charge in [-0.15, -0.1) is 22.7 Å². The first kappa shape index (κ1) is 36.4. The molecule has 2 nitrogen and oxygen atoms in total. The van der Waals surface area contributed by atoms with E-state index in [1.165, 1.54) is 119 Å². The summed E-state index contributed by atoms with van der Waals surface area (Å²) in [4.78, 5) is 5.15. The van der Waals surface area contributed by atoms with Gasteiger partial charge in [-0.3, -0.25) is 0 Å². The molecular weight excluding hydrogens is 801 g/mol. The van der Waals surface area contributed by atoms with Crippen molar-refractivity contribution in [1.29, 1.82) is 0 Å². The second-order valence-corrected chi connectivity index (χ2v) is 19.5. The summed E-state index contributed by atoms with van der Waals surface area (Å²) in [6.07, 6.45) is 0. The maximum Gasteiger partial charge on any atom is 0.0541 e. The second-order valence-electron chi connectivity index (χ2n) is 17.3. The second kappa shape index (κ2) is 13.9. The number of fused-ring (bicyclic) bond motifs is 9. The molecule has 0 spiro atoms. The Balaban J connectivity index is 0.806. The molecule has 0 saturated heterocycles. The fourth-order valence-electron chi connectivity index (χ4n) is 10.3. The molecule has 1 aliphatic rings. The Labute approximate surface area is 374 Å². The number of hydrogen-bond acceptors (Lipinski definition) is 2. The molecule has 0 amide bonds. The summed E-state index contributed by atoms with van der Waals surface area (Å²) in [6, 6.07) is 76.3. The summed E-state index contributed by atoms with van der Waals surface area (Å²) < 4.78 is 4.76. The highest BCUT2D eigenvalue weighted by Crippen LogP contribution is 2.52. The van der Waals surface area contributed by atoms with Gasteiger partial charge in [0.1, 0.15) is 0 Å². The molecule has 0 bridgehead atoms. The van der Waals surface area contributed by atoms with Crippen LogP contribution in [-0.2, 0) is 5.41 Å². The first-order chi connectivity index (χ1) is 31.0. The fraction of sp³-hybridized carbons (Fsp3) is 0.0508. The Hall–Kier alpha value is -7.24. The van der Waals surface area contributed by atoms with Crippen molar-refractivity contribution in [1.82, 2.24) is 9.13 Å². The lowest BCUT2D eigenvalue weighted by molar-refractivity contribution is 0.661. The molecule has 12 aromatic rings. The highest BCUT2D eigenvalue weighted by Gasteiger charge is 2.36. The van der Waals surface area contributed by atoms with Gasteiger partial charge in [-0.2, -0.15) is 0 Å². The molecule has 0 fully saturated rings. The van der Waals surface area contributed by atoms with E-state index in [1.54, 1.807) is 0 Å². The number of rotatable bonds is 6. The maximum absolute atomic E-state index is 2.45. The van der Waals surface area contributed by atoms with Gasteiger partial charge in [0.25, 0.3) is 0 Å². The van der Waals surface area contributed by atoms with Crippen LogP contribution in [0.1, 0.15) is 25.0 Å². The van der Waals surface area contributed by atoms with Crippen LogP contribution in [0.5, 0.6) is 0 Å². The number of hydrogen-bond donors (Lipinski definition) is 0. The Kier molecular flexibility index (Phi) is 8.03. The molecule has 0 saturated carbocycles. The molecule has 13 rings (SSSR count). The Bertz CT molecular complexity index is 3520. The molecule has 4 aromatic heterocycles. The van der Waals surface area contributed by atoms with Crippen LogP contribution in [0.4, 0.5) is 0 Å². The van der Waals surface area contributed by atoms with Crippen LogP contribution in [0, 0.1) is 0 Å². The van der Waals surface area contributed by atoms with Crippen LogP contribution >= 0.6 is 22.7 Å². The molecule has 0 radical (unpaired) electrons. The lowest BCUT2D eigenvalue weighted by Crippen LogP contribution is -2.15. The zero-order chi connectivity index (χ0) is 41.8. The fourth-order valence-corrected chi connectivity index (χ4v) is 12.3. The van der Waals surface area contributed by atoms with Crippen molar-refractivity contribution in [3.8, 4) is 64.3 Å². The van der Waals surface area contributed by atoms with Crippen LogP contribution in [0.25, 0.3) is 108 Å². The predicted molar refractivity (Wildman–Crippen MR) is 270 cm³/mol. The monoisotopic (exact) mass is 840 g/mol. The van der Waals surface area contributed by atoms with Gasteiger partial charge in [0.15, 0.2) is 0 Å². The molecule has 298 valence electrons. The van der Waals surface area contributed by atoms with E-state index in [9.17, 15) is 0 Å². The van der Waals surface area contributed by atoms with E-state index in [0.29, 0.717) is 0 Å². The number of benzene rings is 8. The summed E-state index contributed by atoms with van der Waals surface area (Å²) in [6.45, 7) is 4.79. The largest absolute Gasteiger partial charge is 0.309 e. The normalized spacial score (nSPS) is 13.0. The smallest absolute Gasteiger partial charge is 0.0541 e. The first-order valence-electron chi connectivity index (χ1n) is 21.7. The molecule has 1 aliphatic carbocycles. The third kappa shape index (κ3) is 5.62. The van der Waals surface area contributed by atoms with Gasteiger partial charge in [-0.1, -0.05) is 123 Å². The zero-order valence-corrected chi connectivity index (χ0v) is 36.5. The van der Waals surface area contributed by atoms with Crippen molar-refractivity contribution in [3.63, 3.8) is 0 Å². The zero-order valence-electron chi connectivity index (χ0n) is 34.8. The van der Waals surface area contributed by atoms with E-state index >= 15 is 0 Å². The van der Waals surface area contributed by atoms with Crippen LogP contribution in [0.3, 0.4) is 0 Å². The highest BCUT2D eigenvalue weighted by atomic mass is 32.1. The Morgan fingerprint density at radius 3 is 1.10 bits per heavy atom. The van der Waals surface area contributed by atoms with Gasteiger partial charge in [0.2, 0.25) is 0 Å². The lowest BCUT2D eigenvalue weighted by Gasteiger charge is -2.22. The molecule has 4 heteroatoms. The maximum atomic E-state index is 2.45. The number of para-hydroxylation sites is 4. The summed E-state index contributed by atoms with van der Waals surface area (Å²) >= 11 is 3.76. The molecule has 63 heavy (non-hydrogen) atoms. The predicted octanol–water partition coefficient (Wildman–Crippen LogP) is 17.0. The van der Waals surface area contributed by atoms with Crippen molar-refractivity contribution in [2.24, 2.45) is 0 Å². The molecule has 4 heterocycles. The minimum atomic E-state index is -0.132. The molecule has 0 N–H and O–H groups in total. The third-order valence-electron chi connectivity index (χ3n) is 13.4. The first-order valence-corrected chi connectivity index (χ1v) is 23.3. The van der Waals surface area contributed by atoms with Crippen LogP contribution in [0.15, 0.2) is 206 Å². The standard InChI is InChI=1S/C59H40N2S2/c1-59(2)49-35-39(57-31-29-55(62-57)37-23-27-53-47(33-37)45-17-9-11-19-51(45)60(53)41-13-5-3-6-14-41)21-25-43(49)44-26-22-40(36-50(44)59)58-32-30-56(63-58)38-24-28-54-48(34-38)46-18-10-12-20-52(46)61(54)42-15-7-4-8-16-42/h3-36H,1-2H3. The van der Waals surface area contributed by atoms with Crippen LogP contribution in [0.2, 0.25) is 0 Å². The number of nitrogens with zero attached hydrogens (tertiary/aromatic N) is 2. The van der Waals surface area contributed by atoms with E-state index < -0.39 is 0 Å². The van der Waals surface area contributed by atoms with Crippen molar-refractivity contribution in [2.45, 2.75) is 19.3 Å². The van der Waals surface area contributed by atoms with Gasteiger partial charge in [-0.05, 0) is 142 Å². The minimum absolute atomic E-state index is 0.132. The van der Waals surface area contributed by atoms with Gasteiger partial charge in [-0.25, -0.2) is 0 Å².